The maximum Gasteiger partial charge on any atom is 0.192 e. The predicted octanol–water partition coefficient (Wildman–Crippen LogP) is 7.06. The standard InChI is InChI=1S/C33H46N6O4SSi/c1-23(18-36-44(40)32(2,3)4)27-12-11-13-28(38-27)24-16-29-26(30(17-24)42-15-14-41-8)20-35-39(29)31-21-34-19-25(37-31)22-43-45(9,10)33(5,6)7/h11-13,16-21,23H,14-15,22H2,1-10H3/b36-18-/t23?,44-/m1/s1. The molecule has 12 heteroatoms. The molecule has 4 rings (SSSR count). The summed E-state index contributed by atoms with van der Waals surface area (Å²) in [6.07, 6.45) is 6.93. The summed E-state index contributed by atoms with van der Waals surface area (Å²) in [5.41, 5.74) is 3.98. The second kappa shape index (κ2) is 14.1. The lowest BCUT2D eigenvalue weighted by Crippen LogP contribution is -2.40. The minimum atomic E-state index is -1.96. The van der Waals surface area contributed by atoms with Crippen LogP contribution in [0.4, 0.5) is 0 Å². The van der Waals surface area contributed by atoms with Gasteiger partial charge in [0.1, 0.15) is 28.5 Å². The first-order chi connectivity index (χ1) is 21.1. The number of nitrogens with zero attached hydrogens (tertiary/aromatic N) is 6. The van der Waals surface area contributed by atoms with Crippen molar-refractivity contribution in [2.45, 2.75) is 83.9 Å². The van der Waals surface area contributed by atoms with Gasteiger partial charge in [0, 0.05) is 24.3 Å². The van der Waals surface area contributed by atoms with Crippen LogP contribution in [0.25, 0.3) is 28.0 Å². The third kappa shape index (κ3) is 8.56. The van der Waals surface area contributed by atoms with Gasteiger partial charge in [-0.3, -0.25) is 9.97 Å². The number of pyridine rings is 1. The van der Waals surface area contributed by atoms with Crippen LogP contribution in [-0.2, 0) is 27.1 Å². The summed E-state index contributed by atoms with van der Waals surface area (Å²) in [6.45, 7) is 20.0. The highest BCUT2D eigenvalue weighted by atomic mass is 32.2. The van der Waals surface area contributed by atoms with Gasteiger partial charge in [0.25, 0.3) is 0 Å². The molecular formula is C33H46N6O4SSi. The fourth-order valence-corrected chi connectivity index (χ4v) is 5.61. The van der Waals surface area contributed by atoms with E-state index in [0.717, 1.165) is 33.5 Å². The summed E-state index contributed by atoms with van der Waals surface area (Å²) in [5.74, 6) is 1.12. The highest BCUT2D eigenvalue weighted by Gasteiger charge is 2.37. The third-order valence-electron chi connectivity index (χ3n) is 7.91. The molecule has 0 bridgehead atoms. The molecule has 2 atom stereocenters. The van der Waals surface area contributed by atoms with Crippen LogP contribution in [0, 0.1) is 0 Å². The van der Waals surface area contributed by atoms with Gasteiger partial charge in [-0.05, 0) is 63.2 Å². The Morgan fingerprint density at radius 1 is 1.04 bits per heavy atom. The second-order valence-electron chi connectivity index (χ2n) is 13.6. The molecule has 1 unspecified atom stereocenters. The van der Waals surface area contributed by atoms with Crippen molar-refractivity contribution in [3.63, 3.8) is 0 Å². The van der Waals surface area contributed by atoms with Crippen molar-refractivity contribution in [2.75, 3.05) is 20.3 Å². The van der Waals surface area contributed by atoms with Crippen LogP contribution in [-0.4, -0.2) is 68.9 Å². The highest BCUT2D eigenvalue weighted by molar-refractivity contribution is 7.91. The first kappa shape index (κ1) is 34.7. The van der Waals surface area contributed by atoms with E-state index in [1.807, 2.05) is 58.0 Å². The Bertz CT molecular complexity index is 1630. The summed E-state index contributed by atoms with van der Waals surface area (Å²) >= 11 is -1.34. The Labute approximate surface area is 271 Å². The molecule has 0 spiro atoms. The fraction of sp³-hybridized carbons (Fsp3) is 0.485. The molecule has 0 aliphatic rings. The molecule has 1 aromatic carbocycles. The molecule has 0 saturated heterocycles. The normalized spacial score (nSPS) is 14.3. The lowest BCUT2D eigenvalue weighted by atomic mass is 10.0. The summed E-state index contributed by atoms with van der Waals surface area (Å²) in [7, 11) is -0.320. The summed E-state index contributed by atoms with van der Waals surface area (Å²) in [5, 5.41) is 5.61. The molecule has 0 saturated carbocycles. The van der Waals surface area contributed by atoms with E-state index in [4.69, 9.17) is 23.9 Å². The van der Waals surface area contributed by atoms with E-state index in [-0.39, 0.29) is 11.0 Å². The van der Waals surface area contributed by atoms with E-state index in [1.54, 1.807) is 36.6 Å². The van der Waals surface area contributed by atoms with Gasteiger partial charge < -0.3 is 18.5 Å². The van der Waals surface area contributed by atoms with Gasteiger partial charge >= 0.3 is 0 Å². The van der Waals surface area contributed by atoms with E-state index in [2.05, 4.69) is 48.3 Å². The van der Waals surface area contributed by atoms with Crippen LogP contribution in [0.3, 0.4) is 0 Å². The molecule has 0 fully saturated rings. The molecule has 0 N–H and O–H groups in total. The van der Waals surface area contributed by atoms with Gasteiger partial charge in [-0.2, -0.15) is 5.10 Å². The van der Waals surface area contributed by atoms with Crippen LogP contribution >= 0.6 is 0 Å². The Balaban J connectivity index is 1.72. The van der Waals surface area contributed by atoms with Crippen LogP contribution in [0.2, 0.25) is 18.1 Å². The van der Waals surface area contributed by atoms with Crippen molar-refractivity contribution in [1.29, 1.82) is 0 Å². The van der Waals surface area contributed by atoms with Crippen LogP contribution in [0.5, 0.6) is 5.75 Å². The first-order valence-electron chi connectivity index (χ1n) is 15.1. The average Bonchev–Trinajstić information content (AvgIpc) is 3.42. The van der Waals surface area contributed by atoms with Gasteiger partial charge in [0.15, 0.2) is 14.1 Å². The number of aromatic nitrogens is 5. The van der Waals surface area contributed by atoms with Crippen molar-refractivity contribution < 1.29 is 18.5 Å². The van der Waals surface area contributed by atoms with E-state index in [9.17, 15) is 4.55 Å². The van der Waals surface area contributed by atoms with Crippen LogP contribution in [0.1, 0.15) is 65.8 Å². The zero-order valence-electron chi connectivity index (χ0n) is 28.1. The zero-order valence-corrected chi connectivity index (χ0v) is 29.9. The first-order valence-corrected chi connectivity index (χ1v) is 19.1. The second-order valence-corrected chi connectivity index (χ2v) is 20.3. The summed E-state index contributed by atoms with van der Waals surface area (Å²) < 4.78 is 35.9. The molecule has 3 heterocycles. The van der Waals surface area contributed by atoms with Crippen molar-refractivity contribution in [1.82, 2.24) is 24.7 Å². The molecule has 0 aliphatic carbocycles. The average molecular weight is 651 g/mol. The number of rotatable bonds is 12. The summed E-state index contributed by atoms with van der Waals surface area (Å²) in [4.78, 5) is 14.3. The topological polar surface area (TPSA) is 120 Å². The minimum Gasteiger partial charge on any atom is -0.591 e. The fourth-order valence-electron chi connectivity index (χ4n) is 4.06. The van der Waals surface area contributed by atoms with Crippen molar-refractivity contribution >= 4 is 36.8 Å². The lowest BCUT2D eigenvalue weighted by molar-refractivity contribution is 0.147. The monoisotopic (exact) mass is 650 g/mol. The van der Waals surface area contributed by atoms with Gasteiger partial charge in [0.05, 0.1) is 60.3 Å². The number of benzene rings is 1. The van der Waals surface area contributed by atoms with E-state index >= 15 is 0 Å². The zero-order chi connectivity index (χ0) is 33.0. The molecule has 242 valence electrons. The largest absolute Gasteiger partial charge is 0.591 e. The Kier molecular flexibility index (Phi) is 10.9. The number of hydrogen-bond donors (Lipinski definition) is 0. The van der Waals surface area contributed by atoms with Crippen molar-refractivity contribution in [3.05, 3.63) is 60.3 Å². The SMILES string of the molecule is COCCOc1cc(-c2cccc(C(C)/C=N\[S@+]([O-])C(C)(C)C)n2)cc2c1cnn2-c1cncc(CO[Si](C)(C)C(C)(C)C)n1. The Morgan fingerprint density at radius 2 is 1.80 bits per heavy atom. The molecule has 45 heavy (non-hydrogen) atoms. The number of methoxy groups -OCH3 is 1. The molecular weight excluding hydrogens is 605 g/mol. The van der Waals surface area contributed by atoms with E-state index < -0.39 is 24.4 Å². The number of hydrogen-bond acceptors (Lipinski definition) is 9. The predicted molar refractivity (Wildman–Crippen MR) is 184 cm³/mol. The molecule has 0 radical (unpaired) electrons. The maximum absolute atomic E-state index is 12.5. The van der Waals surface area contributed by atoms with Crippen LogP contribution in [0.15, 0.2) is 53.3 Å². The van der Waals surface area contributed by atoms with E-state index in [1.165, 1.54) is 0 Å². The van der Waals surface area contributed by atoms with Gasteiger partial charge in [-0.1, -0.05) is 38.2 Å². The third-order valence-corrected chi connectivity index (χ3v) is 13.7. The van der Waals surface area contributed by atoms with Gasteiger partial charge in [0.2, 0.25) is 0 Å². The molecule has 4 aromatic rings. The maximum atomic E-state index is 12.5. The van der Waals surface area contributed by atoms with Gasteiger partial charge in [-0.25, -0.2) is 9.67 Å². The van der Waals surface area contributed by atoms with Crippen LogP contribution < -0.4 is 4.74 Å². The van der Waals surface area contributed by atoms with Crippen molar-refractivity contribution in [3.8, 4) is 22.8 Å². The Hall–Kier alpha value is -3.16. The number of ether oxygens (including phenoxy) is 2. The summed E-state index contributed by atoms with van der Waals surface area (Å²) in [6, 6.07) is 9.88. The molecule has 10 nitrogen and oxygen atoms in total. The molecule has 3 aromatic heterocycles. The molecule has 0 aliphatic heterocycles. The quantitative estimate of drug-likeness (QED) is 0.0692. The Morgan fingerprint density at radius 3 is 2.49 bits per heavy atom. The van der Waals surface area contributed by atoms with Crippen molar-refractivity contribution in [2.24, 2.45) is 4.40 Å². The minimum absolute atomic E-state index is 0.0903. The lowest BCUT2D eigenvalue weighted by Gasteiger charge is -2.36. The van der Waals surface area contributed by atoms with E-state index in [0.29, 0.717) is 31.4 Å². The highest BCUT2D eigenvalue weighted by Crippen LogP contribution is 2.37. The van der Waals surface area contributed by atoms with Gasteiger partial charge in [-0.15, -0.1) is 0 Å². The number of fused-ring (bicyclic) bond motifs is 1. The smallest absolute Gasteiger partial charge is 0.192 e. The molecule has 0 amide bonds.